The maximum absolute atomic E-state index is 12.0. The van der Waals surface area contributed by atoms with Crippen LogP contribution in [0.3, 0.4) is 0 Å². The van der Waals surface area contributed by atoms with Gasteiger partial charge in [0.2, 0.25) is 0 Å². The molecule has 1 aromatic carbocycles. The third-order valence-electron chi connectivity index (χ3n) is 3.18. The molecular weight excluding hydrogens is 380 g/mol. The van der Waals surface area contributed by atoms with Crippen LogP contribution >= 0.6 is 22.9 Å². The zero-order chi connectivity index (χ0) is 17.7. The number of benzene rings is 1. The predicted molar refractivity (Wildman–Crippen MR) is 99.5 cm³/mol. The van der Waals surface area contributed by atoms with Crippen molar-refractivity contribution in [2.75, 3.05) is 13.2 Å². The van der Waals surface area contributed by atoms with Gasteiger partial charge in [-0.3, -0.25) is 4.98 Å². The van der Waals surface area contributed by atoms with Crippen LogP contribution in [0.2, 0.25) is 4.34 Å². The molecule has 2 heterocycles. The summed E-state index contributed by atoms with van der Waals surface area (Å²) in [6.07, 6.45) is 1.72. The third kappa shape index (κ3) is 4.71. The molecule has 3 aromatic rings. The van der Waals surface area contributed by atoms with E-state index in [-0.39, 0.29) is 17.4 Å². The molecule has 25 heavy (non-hydrogen) atoms. The van der Waals surface area contributed by atoms with Crippen LogP contribution in [0.25, 0.3) is 10.9 Å². The van der Waals surface area contributed by atoms with E-state index in [1.807, 2.05) is 30.3 Å². The zero-order valence-electron chi connectivity index (χ0n) is 12.9. The number of ether oxygens (including phenoxy) is 1. The molecule has 1 N–H and O–H groups in total. The second kappa shape index (κ2) is 7.85. The van der Waals surface area contributed by atoms with Crippen LogP contribution in [0, 0.1) is 11.8 Å². The monoisotopic (exact) mass is 392 g/mol. The fourth-order valence-electron chi connectivity index (χ4n) is 2.01. The number of rotatable bonds is 5. The van der Waals surface area contributed by atoms with Crippen molar-refractivity contribution >= 4 is 43.9 Å². The molecule has 0 radical (unpaired) electrons. The molecule has 0 fully saturated rings. The van der Waals surface area contributed by atoms with Gasteiger partial charge in [-0.2, -0.15) is 4.72 Å². The number of halogens is 1. The third-order valence-corrected chi connectivity index (χ3v) is 6.30. The van der Waals surface area contributed by atoms with Crippen LogP contribution in [0.5, 0.6) is 5.75 Å². The smallest absolute Gasteiger partial charge is 0.250 e. The van der Waals surface area contributed by atoms with E-state index in [9.17, 15) is 8.42 Å². The molecular formula is C17H13ClN2O3S2. The van der Waals surface area contributed by atoms with Crippen molar-refractivity contribution in [3.05, 3.63) is 53.0 Å². The lowest BCUT2D eigenvalue weighted by Gasteiger charge is -2.03. The minimum Gasteiger partial charge on any atom is -0.481 e. The van der Waals surface area contributed by atoms with Gasteiger partial charge in [-0.15, -0.1) is 11.3 Å². The Labute approximate surface area is 154 Å². The van der Waals surface area contributed by atoms with Crippen molar-refractivity contribution in [2.24, 2.45) is 0 Å². The normalized spacial score (nSPS) is 11.1. The summed E-state index contributed by atoms with van der Waals surface area (Å²) in [5.41, 5.74) is 0.843. The number of hydrogen-bond acceptors (Lipinski definition) is 5. The second-order valence-electron chi connectivity index (χ2n) is 4.88. The van der Waals surface area contributed by atoms with Crippen LogP contribution in [0.1, 0.15) is 0 Å². The molecule has 8 heteroatoms. The fraction of sp³-hybridized carbons (Fsp3) is 0.118. The second-order valence-corrected chi connectivity index (χ2v) is 8.59. The topological polar surface area (TPSA) is 68.3 Å². The first-order chi connectivity index (χ1) is 12.0. The number of aromatic nitrogens is 1. The highest BCUT2D eigenvalue weighted by Crippen LogP contribution is 2.25. The van der Waals surface area contributed by atoms with Gasteiger partial charge in [0.1, 0.15) is 16.6 Å². The lowest BCUT2D eigenvalue weighted by atomic mass is 10.2. The van der Waals surface area contributed by atoms with E-state index < -0.39 is 10.0 Å². The average molecular weight is 393 g/mol. The Morgan fingerprint density at radius 2 is 2.08 bits per heavy atom. The van der Waals surface area contributed by atoms with E-state index in [2.05, 4.69) is 21.5 Å². The Balaban J connectivity index is 1.51. The summed E-state index contributed by atoms with van der Waals surface area (Å²) < 4.78 is 32.4. The summed E-state index contributed by atoms with van der Waals surface area (Å²) >= 11 is 6.74. The summed E-state index contributed by atoms with van der Waals surface area (Å²) in [7, 11) is -3.57. The van der Waals surface area contributed by atoms with Crippen molar-refractivity contribution in [2.45, 2.75) is 4.21 Å². The predicted octanol–water partition coefficient (Wildman–Crippen LogP) is 3.31. The maximum atomic E-state index is 12.0. The number of nitrogens with one attached hydrogen (secondary N) is 1. The zero-order valence-corrected chi connectivity index (χ0v) is 15.3. The Hall–Kier alpha value is -2.11. The minimum absolute atomic E-state index is 0.000484. The van der Waals surface area contributed by atoms with Crippen molar-refractivity contribution in [3.63, 3.8) is 0 Å². The largest absolute Gasteiger partial charge is 0.481 e. The van der Waals surface area contributed by atoms with Crippen molar-refractivity contribution in [3.8, 4) is 17.6 Å². The van der Waals surface area contributed by atoms with Gasteiger partial charge >= 0.3 is 0 Å². The molecule has 0 saturated carbocycles. The standard InChI is InChI=1S/C17H13ClN2O3S2/c18-16-7-8-17(24-16)25(21,22)20-10-1-2-11-23-14-6-5-13-4-3-9-19-15(13)12-14/h3-9,12,20H,10-11H2. The van der Waals surface area contributed by atoms with Gasteiger partial charge in [-0.1, -0.05) is 29.5 Å². The fourth-order valence-corrected chi connectivity index (χ4v) is 4.46. The molecule has 5 nitrogen and oxygen atoms in total. The Kier molecular flexibility index (Phi) is 5.56. The molecule has 0 aliphatic carbocycles. The molecule has 3 rings (SSSR count). The van der Waals surface area contributed by atoms with Crippen LogP contribution in [-0.4, -0.2) is 26.6 Å². The van der Waals surface area contributed by atoms with Crippen LogP contribution < -0.4 is 9.46 Å². The Bertz CT molecular complexity index is 1050. The van der Waals surface area contributed by atoms with E-state index >= 15 is 0 Å². The van der Waals surface area contributed by atoms with E-state index in [4.69, 9.17) is 16.3 Å². The Morgan fingerprint density at radius 1 is 1.20 bits per heavy atom. The molecule has 0 amide bonds. The number of thiophene rings is 1. The van der Waals surface area contributed by atoms with E-state index in [1.54, 1.807) is 12.3 Å². The van der Waals surface area contributed by atoms with Gasteiger partial charge in [0.15, 0.2) is 0 Å². The average Bonchev–Trinajstić information content (AvgIpc) is 3.05. The summed E-state index contributed by atoms with van der Waals surface area (Å²) in [6.45, 7) is 0.158. The summed E-state index contributed by atoms with van der Waals surface area (Å²) in [6, 6.07) is 12.4. The van der Waals surface area contributed by atoms with Crippen molar-refractivity contribution in [1.29, 1.82) is 0 Å². The molecule has 0 aliphatic heterocycles. The lowest BCUT2D eigenvalue weighted by molar-refractivity contribution is 0.370. The molecule has 2 aromatic heterocycles. The van der Waals surface area contributed by atoms with Crippen molar-refractivity contribution in [1.82, 2.24) is 9.71 Å². The first-order valence-electron chi connectivity index (χ1n) is 7.23. The van der Waals surface area contributed by atoms with Crippen LogP contribution in [-0.2, 0) is 10.0 Å². The number of fused-ring (bicyclic) bond motifs is 1. The van der Waals surface area contributed by atoms with Gasteiger partial charge < -0.3 is 4.74 Å². The van der Waals surface area contributed by atoms with Gasteiger partial charge in [0.25, 0.3) is 10.0 Å². The summed E-state index contributed by atoms with van der Waals surface area (Å²) in [4.78, 5) is 4.26. The lowest BCUT2D eigenvalue weighted by Crippen LogP contribution is -2.23. The molecule has 128 valence electrons. The highest BCUT2D eigenvalue weighted by atomic mass is 35.5. The van der Waals surface area contributed by atoms with E-state index in [0.717, 1.165) is 22.2 Å². The highest BCUT2D eigenvalue weighted by Gasteiger charge is 2.15. The molecule has 0 aliphatic rings. The number of nitrogens with zero attached hydrogens (tertiary/aromatic N) is 1. The molecule has 0 saturated heterocycles. The van der Waals surface area contributed by atoms with E-state index in [0.29, 0.717) is 10.1 Å². The van der Waals surface area contributed by atoms with Crippen LogP contribution in [0.4, 0.5) is 0 Å². The summed E-state index contributed by atoms with van der Waals surface area (Å²) in [5, 5.41) is 1.03. The quantitative estimate of drug-likeness (QED) is 0.676. The van der Waals surface area contributed by atoms with Gasteiger partial charge in [0, 0.05) is 17.6 Å². The minimum atomic E-state index is -3.57. The summed E-state index contributed by atoms with van der Waals surface area (Å²) in [5.74, 6) is 6.15. The van der Waals surface area contributed by atoms with Crippen molar-refractivity contribution < 1.29 is 13.2 Å². The van der Waals surface area contributed by atoms with Gasteiger partial charge in [-0.25, -0.2) is 8.42 Å². The first-order valence-corrected chi connectivity index (χ1v) is 9.91. The number of pyridine rings is 1. The maximum Gasteiger partial charge on any atom is 0.250 e. The Morgan fingerprint density at radius 3 is 2.88 bits per heavy atom. The van der Waals surface area contributed by atoms with E-state index in [1.165, 1.54) is 6.07 Å². The molecule has 0 atom stereocenters. The molecule has 0 bridgehead atoms. The van der Waals surface area contributed by atoms with Gasteiger partial charge in [-0.05, 0) is 30.3 Å². The number of hydrogen-bond donors (Lipinski definition) is 1. The molecule has 0 spiro atoms. The highest BCUT2D eigenvalue weighted by molar-refractivity contribution is 7.91. The van der Waals surface area contributed by atoms with Crippen LogP contribution in [0.15, 0.2) is 52.9 Å². The first kappa shape index (κ1) is 17.7. The van der Waals surface area contributed by atoms with Gasteiger partial charge in [0.05, 0.1) is 16.4 Å². The molecule has 0 unspecified atom stereocenters. The number of sulfonamides is 1. The SMILES string of the molecule is O=S(=O)(NCC#CCOc1ccc2cccnc2c1)c1ccc(Cl)s1.